The van der Waals surface area contributed by atoms with Crippen molar-refractivity contribution in [1.82, 2.24) is 0 Å². The van der Waals surface area contributed by atoms with Crippen LogP contribution in [0.15, 0.2) is 48.6 Å². The summed E-state index contributed by atoms with van der Waals surface area (Å²) >= 11 is 0. The molecule has 3 nitrogen and oxygen atoms in total. The van der Waals surface area contributed by atoms with Crippen molar-refractivity contribution < 1.29 is 14.6 Å². The standard InChI is InChI=1S/C14H14O3/c1-17-14(13(15)16)9-7-12(8-10-14)11-5-3-2-4-6-11/h2-9H,10H2,1H3,(H,15,16). The van der Waals surface area contributed by atoms with Crippen molar-refractivity contribution in [3.63, 3.8) is 0 Å². The zero-order valence-corrected chi connectivity index (χ0v) is 9.59. The predicted molar refractivity (Wildman–Crippen MR) is 65.6 cm³/mol. The van der Waals surface area contributed by atoms with Crippen molar-refractivity contribution in [2.24, 2.45) is 0 Å². The third kappa shape index (κ3) is 2.15. The lowest BCUT2D eigenvalue weighted by Crippen LogP contribution is -2.39. The molecule has 0 amide bonds. The van der Waals surface area contributed by atoms with Gasteiger partial charge in [-0.15, -0.1) is 0 Å². The Bertz CT molecular complexity index is 474. The van der Waals surface area contributed by atoms with E-state index in [0.29, 0.717) is 6.42 Å². The Morgan fingerprint density at radius 1 is 1.35 bits per heavy atom. The van der Waals surface area contributed by atoms with Crippen molar-refractivity contribution in [3.05, 3.63) is 54.1 Å². The van der Waals surface area contributed by atoms with E-state index in [9.17, 15) is 4.79 Å². The van der Waals surface area contributed by atoms with Gasteiger partial charge in [0.05, 0.1) is 0 Å². The van der Waals surface area contributed by atoms with Gasteiger partial charge in [0.25, 0.3) is 0 Å². The fourth-order valence-electron chi connectivity index (χ4n) is 1.86. The molecule has 0 aromatic heterocycles. The molecular weight excluding hydrogens is 216 g/mol. The number of carboxylic acids is 1. The Labute approximate surface area is 100 Å². The zero-order valence-electron chi connectivity index (χ0n) is 9.59. The summed E-state index contributed by atoms with van der Waals surface area (Å²) in [6, 6.07) is 9.86. The van der Waals surface area contributed by atoms with E-state index in [0.717, 1.165) is 11.1 Å². The Balaban J connectivity index is 2.25. The normalized spacial score (nSPS) is 23.2. The molecule has 1 aromatic carbocycles. The molecule has 1 aliphatic carbocycles. The van der Waals surface area contributed by atoms with Gasteiger partial charge >= 0.3 is 5.97 Å². The molecule has 1 aliphatic rings. The Kier molecular flexibility index (Phi) is 3.11. The highest BCUT2D eigenvalue weighted by Gasteiger charge is 2.36. The summed E-state index contributed by atoms with van der Waals surface area (Å²) < 4.78 is 5.09. The second-order valence-electron chi connectivity index (χ2n) is 3.96. The van der Waals surface area contributed by atoms with Crippen molar-refractivity contribution >= 4 is 11.5 Å². The molecule has 0 fully saturated rings. The summed E-state index contributed by atoms with van der Waals surface area (Å²) in [5.41, 5.74) is 0.900. The van der Waals surface area contributed by atoms with Gasteiger partial charge in [0, 0.05) is 13.5 Å². The Morgan fingerprint density at radius 3 is 2.53 bits per heavy atom. The average molecular weight is 230 g/mol. The van der Waals surface area contributed by atoms with Crippen LogP contribution < -0.4 is 0 Å². The minimum atomic E-state index is -1.21. The van der Waals surface area contributed by atoms with Crippen molar-refractivity contribution in [3.8, 4) is 0 Å². The second-order valence-corrected chi connectivity index (χ2v) is 3.96. The maximum Gasteiger partial charge on any atom is 0.340 e. The molecule has 0 radical (unpaired) electrons. The molecule has 3 heteroatoms. The number of ether oxygens (including phenoxy) is 1. The molecule has 0 bridgehead atoms. The number of carbonyl (C=O) groups is 1. The van der Waals surface area contributed by atoms with Crippen LogP contribution in [0.2, 0.25) is 0 Å². The molecule has 17 heavy (non-hydrogen) atoms. The van der Waals surface area contributed by atoms with E-state index < -0.39 is 11.6 Å². The molecule has 0 spiro atoms. The van der Waals surface area contributed by atoms with Crippen molar-refractivity contribution in [2.75, 3.05) is 7.11 Å². The molecule has 1 aromatic rings. The minimum absolute atomic E-state index is 0.347. The van der Waals surface area contributed by atoms with Gasteiger partial charge in [-0.1, -0.05) is 42.5 Å². The van der Waals surface area contributed by atoms with Crippen LogP contribution in [0.3, 0.4) is 0 Å². The smallest absolute Gasteiger partial charge is 0.340 e. The van der Waals surface area contributed by atoms with Crippen LogP contribution in [0, 0.1) is 0 Å². The highest BCUT2D eigenvalue weighted by atomic mass is 16.5. The first-order chi connectivity index (χ1) is 8.18. The first-order valence-electron chi connectivity index (χ1n) is 5.41. The van der Waals surface area contributed by atoms with Crippen LogP contribution in [-0.4, -0.2) is 23.8 Å². The number of aliphatic carboxylic acids is 1. The van der Waals surface area contributed by atoms with E-state index in [2.05, 4.69) is 0 Å². The van der Waals surface area contributed by atoms with E-state index in [1.54, 1.807) is 12.2 Å². The highest BCUT2D eigenvalue weighted by molar-refractivity contribution is 5.85. The van der Waals surface area contributed by atoms with E-state index >= 15 is 0 Å². The van der Waals surface area contributed by atoms with Gasteiger partial charge in [0.15, 0.2) is 5.60 Å². The van der Waals surface area contributed by atoms with Gasteiger partial charge in [-0.3, -0.25) is 0 Å². The average Bonchev–Trinajstić information content (AvgIpc) is 2.39. The fraction of sp³-hybridized carbons (Fsp3) is 0.214. The largest absolute Gasteiger partial charge is 0.479 e. The van der Waals surface area contributed by atoms with E-state index in [-0.39, 0.29) is 0 Å². The summed E-state index contributed by atoms with van der Waals surface area (Å²) in [7, 11) is 1.42. The number of allylic oxidation sites excluding steroid dienone is 2. The van der Waals surface area contributed by atoms with Crippen LogP contribution in [0.4, 0.5) is 0 Å². The lowest BCUT2D eigenvalue weighted by atomic mass is 9.89. The lowest BCUT2D eigenvalue weighted by molar-refractivity contribution is -0.156. The van der Waals surface area contributed by atoms with E-state index in [1.807, 2.05) is 36.4 Å². The first kappa shape index (κ1) is 11.6. The number of hydrogen-bond acceptors (Lipinski definition) is 2. The molecule has 0 aliphatic heterocycles. The van der Waals surface area contributed by atoms with Crippen molar-refractivity contribution in [1.29, 1.82) is 0 Å². The van der Waals surface area contributed by atoms with Crippen LogP contribution in [0.25, 0.3) is 5.57 Å². The highest BCUT2D eigenvalue weighted by Crippen LogP contribution is 2.29. The third-order valence-corrected chi connectivity index (χ3v) is 2.99. The molecule has 0 heterocycles. The SMILES string of the molecule is COC1(C(=O)O)C=CC(c2ccccc2)=CC1. The number of hydrogen-bond donors (Lipinski definition) is 1. The molecule has 1 unspecified atom stereocenters. The summed E-state index contributed by atoms with van der Waals surface area (Å²) in [6.07, 6.45) is 5.65. The number of methoxy groups -OCH3 is 1. The quantitative estimate of drug-likeness (QED) is 0.867. The molecular formula is C14H14O3. The summed E-state index contributed by atoms with van der Waals surface area (Å²) in [4.78, 5) is 11.1. The molecule has 88 valence electrons. The van der Waals surface area contributed by atoms with Gasteiger partial charge < -0.3 is 9.84 Å². The number of benzene rings is 1. The van der Waals surface area contributed by atoms with Crippen LogP contribution in [-0.2, 0) is 9.53 Å². The predicted octanol–water partition coefficient (Wildman–Crippen LogP) is 2.50. The number of rotatable bonds is 3. The van der Waals surface area contributed by atoms with Crippen LogP contribution >= 0.6 is 0 Å². The maximum atomic E-state index is 11.1. The topological polar surface area (TPSA) is 46.5 Å². The van der Waals surface area contributed by atoms with Crippen LogP contribution in [0.5, 0.6) is 0 Å². The molecule has 2 rings (SSSR count). The van der Waals surface area contributed by atoms with Gasteiger partial charge in [-0.25, -0.2) is 4.79 Å². The van der Waals surface area contributed by atoms with Gasteiger partial charge in [-0.2, -0.15) is 0 Å². The Hall–Kier alpha value is -1.87. The molecule has 0 saturated heterocycles. The molecule has 1 atom stereocenters. The lowest BCUT2D eigenvalue weighted by Gasteiger charge is -2.26. The van der Waals surface area contributed by atoms with E-state index in [4.69, 9.17) is 9.84 Å². The fourth-order valence-corrected chi connectivity index (χ4v) is 1.86. The summed E-state index contributed by atoms with van der Waals surface area (Å²) in [5, 5.41) is 9.14. The maximum absolute atomic E-state index is 11.1. The van der Waals surface area contributed by atoms with Gasteiger partial charge in [0.2, 0.25) is 0 Å². The Morgan fingerprint density at radius 2 is 2.06 bits per heavy atom. The minimum Gasteiger partial charge on any atom is -0.479 e. The zero-order chi connectivity index (χ0) is 12.3. The van der Waals surface area contributed by atoms with Crippen LogP contribution in [0.1, 0.15) is 12.0 Å². The molecule has 0 saturated carbocycles. The summed E-state index contributed by atoms with van der Waals surface area (Å²) in [5.74, 6) is -0.959. The summed E-state index contributed by atoms with van der Waals surface area (Å²) in [6.45, 7) is 0. The monoisotopic (exact) mass is 230 g/mol. The van der Waals surface area contributed by atoms with Crippen molar-refractivity contribution in [2.45, 2.75) is 12.0 Å². The second kappa shape index (κ2) is 4.55. The first-order valence-corrected chi connectivity index (χ1v) is 5.41. The van der Waals surface area contributed by atoms with Gasteiger partial charge in [0.1, 0.15) is 0 Å². The molecule has 1 N–H and O–H groups in total. The van der Waals surface area contributed by atoms with Gasteiger partial charge in [-0.05, 0) is 17.2 Å². The third-order valence-electron chi connectivity index (χ3n) is 2.99. The van der Waals surface area contributed by atoms with E-state index in [1.165, 1.54) is 7.11 Å². The number of carboxylic acid groups (broad SMARTS) is 1.